The fourth-order valence-electron chi connectivity index (χ4n) is 1.97. The Bertz CT molecular complexity index is 674. The van der Waals surface area contributed by atoms with Crippen LogP contribution in [0.4, 0.5) is 8.78 Å². The fourth-order valence-corrected chi connectivity index (χ4v) is 2.07. The van der Waals surface area contributed by atoms with Crippen LogP contribution in [-0.4, -0.2) is 4.73 Å². The summed E-state index contributed by atoms with van der Waals surface area (Å²) in [6.07, 6.45) is 0. The van der Waals surface area contributed by atoms with Crippen LogP contribution in [0.2, 0.25) is 0 Å². The molecule has 0 aromatic heterocycles. The third-order valence-corrected chi connectivity index (χ3v) is 3.06. The second-order valence-electron chi connectivity index (χ2n) is 4.41. The number of hydrogen-bond acceptors (Lipinski definition) is 0. The van der Waals surface area contributed by atoms with Crippen molar-refractivity contribution in [3.63, 3.8) is 0 Å². The molecule has 0 aliphatic rings. The summed E-state index contributed by atoms with van der Waals surface area (Å²) in [5, 5.41) is 0. The zero-order valence-corrected chi connectivity index (χ0v) is 12.3. The molecule has 0 aliphatic heterocycles. The molecule has 0 nitrogen and oxygen atoms in total. The minimum absolute atomic E-state index is 0.00101. The molecule has 0 bridgehead atoms. The molecule has 99 valence electrons. The Kier molecular flexibility index (Phi) is 4.55. The van der Waals surface area contributed by atoms with Crippen molar-refractivity contribution in [2.24, 2.45) is 0 Å². The van der Waals surface area contributed by atoms with Gasteiger partial charge in [-0.1, -0.05) is 0 Å². The van der Waals surface area contributed by atoms with Gasteiger partial charge in [0.15, 0.2) is 0 Å². The summed E-state index contributed by atoms with van der Waals surface area (Å²) in [5.74, 6) is 2.68. The Hall–Kier alpha value is -1.69. The van der Waals surface area contributed by atoms with Crippen LogP contribution in [-0.2, 0) is 22.9 Å². The first kappa shape index (κ1) is 14.7. The summed E-state index contributed by atoms with van der Waals surface area (Å²) >= 11 is 2.23. The number of halogens is 2. The monoisotopic (exact) mass is 305 g/mol. The Balaban J connectivity index is 2.61. The number of rotatable bonds is 2. The van der Waals surface area contributed by atoms with E-state index in [1.165, 1.54) is 6.07 Å². The van der Waals surface area contributed by atoms with Crippen molar-refractivity contribution in [1.29, 1.82) is 0 Å². The molecular weight excluding hydrogens is 293 g/mol. The van der Waals surface area contributed by atoms with Crippen LogP contribution in [0.15, 0.2) is 48.5 Å². The molecule has 0 radical (unpaired) electrons. The van der Waals surface area contributed by atoms with Crippen molar-refractivity contribution in [3.8, 4) is 23.0 Å². The Morgan fingerprint density at radius 1 is 1.10 bits per heavy atom. The molecule has 2 aromatic carbocycles. The van der Waals surface area contributed by atoms with Gasteiger partial charge in [0.05, 0.1) is 0 Å². The molecule has 0 aliphatic carbocycles. The van der Waals surface area contributed by atoms with Crippen molar-refractivity contribution >= 4 is 4.73 Å². The van der Waals surface area contributed by atoms with Crippen LogP contribution in [0.25, 0.3) is 11.1 Å². The molecule has 0 saturated heterocycles. The average molecular weight is 305 g/mol. The van der Waals surface area contributed by atoms with E-state index in [0.717, 1.165) is 12.5 Å². The number of benzene rings is 2. The summed E-state index contributed by atoms with van der Waals surface area (Å²) in [4.78, 5) is 0. The van der Waals surface area contributed by atoms with Crippen molar-refractivity contribution in [3.05, 3.63) is 59.7 Å². The van der Waals surface area contributed by atoms with Gasteiger partial charge in [-0.25, -0.2) is 0 Å². The molecule has 0 amide bonds. The summed E-state index contributed by atoms with van der Waals surface area (Å²) in [7, 11) is 0. The van der Waals surface area contributed by atoms with E-state index < -0.39 is 5.92 Å². The van der Waals surface area contributed by atoms with Crippen LogP contribution in [0.5, 0.6) is 0 Å². The topological polar surface area (TPSA) is 0 Å². The van der Waals surface area contributed by atoms with Crippen LogP contribution in [0, 0.1) is 11.8 Å². The first-order chi connectivity index (χ1) is 9.52. The van der Waals surface area contributed by atoms with Crippen LogP contribution in [0.3, 0.4) is 0 Å². The minimum atomic E-state index is -2.91. The van der Waals surface area contributed by atoms with Crippen LogP contribution < -0.4 is 0 Å². The van der Waals surface area contributed by atoms with E-state index in [4.69, 9.17) is 0 Å². The number of alkyl halides is 2. The molecule has 0 atom stereocenters. The molecule has 0 N–H and O–H groups in total. The van der Waals surface area contributed by atoms with Gasteiger partial charge in [0.1, 0.15) is 0 Å². The van der Waals surface area contributed by atoms with Crippen molar-refractivity contribution in [2.45, 2.75) is 12.8 Å². The zero-order valence-electron chi connectivity index (χ0n) is 10.9. The third-order valence-electron chi connectivity index (χ3n) is 2.86. The van der Waals surface area contributed by atoms with Gasteiger partial charge >= 0.3 is 126 Å². The van der Waals surface area contributed by atoms with Gasteiger partial charge in [-0.05, 0) is 0 Å². The normalized spacial score (nSPS) is 10.5. The van der Waals surface area contributed by atoms with Gasteiger partial charge in [0.25, 0.3) is 0 Å². The SMILES string of the molecule is CC(F)(F)c1cc(C#C[CH]=[V])ccc1-c1ccccc1. The Morgan fingerprint density at radius 2 is 1.80 bits per heavy atom. The quantitative estimate of drug-likeness (QED) is 0.731. The number of hydrogen-bond donors (Lipinski definition) is 0. The Labute approximate surface area is 126 Å². The predicted octanol–water partition coefficient (Wildman–Crippen LogP) is 4.17. The molecule has 20 heavy (non-hydrogen) atoms. The van der Waals surface area contributed by atoms with Gasteiger partial charge in [0, 0.05) is 0 Å². The van der Waals surface area contributed by atoms with Crippen LogP contribution >= 0.6 is 0 Å². The molecule has 0 unspecified atom stereocenters. The van der Waals surface area contributed by atoms with E-state index in [-0.39, 0.29) is 5.56 Å². The van der Waals surface area contributed by atoms with E-state index in [1.807, 2.05) is 30.3 Å². The molecule has 2 aromatic rings. The third kappa shape index (κ3) is 3.45. The van der Waals surface area contributed by atoms with E-state index in [0.29, 0.717) is 11.1 Å². The average Bonchev–Trinajstić information content (AvgIpc) is 2.45. The molecular formula is C17H12F2V. The maximum absolute atomic E-state index is 13.8. The van der Waals surface area contributed by atoms with Gasteiger partial charge in [0.2, 0.25) is 0 Å². The molecule has 0 saturated carbocycles. The second-order valence-corrected chi connectivity index (χ2v) is 4.82. The molecule has 2 rings (SSSR count). The van der Waals surface area contributed by atoms with Crippen molar-refractivity contribution in [2.75, 3.05) is 0 Å². The second kappa shape index (κ2) is 6.18. The van der Waals surface area contributed by atoms with E-state index in [9.17, 15) is 8.78 Å². The van der Waals surface area contributed by atoms with Gasteiger partial charge in [-0.2, -0.15) is 0 Å². The molecule has 3 heteroatoms. The molecule has 0 spiro atoms. The summed E-state index contributed by atoms with van der Waals surface area (Å²) in [6, 6.07) is 14.1. The maximum atomic E-state index is 13.8. The van der Waals surface area contributed by atoms with Gasteiger partial charge in [-0.15, -0.1) is 0 Å². The van der Waals surface area contributed by atoms with E-state index >= 15 is 0 Å². The fraction of sp³-hybridized carbons (Fsp3) is 0.118. The van der Waals surface area contributed by atoms with E-state index in [1.54, 1.807) is 16.9 Å². The van der Waals surface area contributed by atoms with Crippen molar-refractivity contribution in [1.82, 2.24) is 0 Å². The van der Waals surface area contributed by atoms with Crippen molar-refractivity contribution < 1.29 is 25.8 Å². The first-order valence-electron chi connectivity index (χ1n) is 6.07. The molecule has 0 heterocycles. The Morgan fingerprint density at radius 3 is 2.40 bits per heavy atom. The van der Waals surface area contributed by atoms with Gasteiger partial charge < -0.3 is 0 Å². The van der Waals surface area contributed by atoms with Crippen LogP contribution in [0.1, 0.15) is 18.1 Å². The molecule has 0 fully saturated rings. The summed E-state index contributed by atoms with van der Waals surface area (Å²) in [5.41, 5.74) is 1.91. The van der Waals surface area contributed by atoms with Gasteiger partial charge in [-0.3, -0.25) is 0 Å². The predicted molar refractivity (Wildman–Crippen MR) is 74.4 cm³/mol. The first-order valence-corrected chi connectivity index (χ1v) is 6.88. The zero-order chi connectivity index (χ0) is 14.6. The standard InChI is InChI=1S/C17H12F2.V/c1-3-7-13-10-11-15(14-8-5-4-6-9-14)16(12-13)17(2,18)19;/h1,4-6,8-12H,2H3;. The van der Waals surface area contributed by atoms with E-state index in [2.05, 4.69) is 28.8 Å². The summed E-state index contributed by atoms with van der Waals surface area (Å²) < 4.78 is 29.3. The summed E-state index contributed by atoms with van der Waals surface area (Å²) in [6.45, 7) is 0.912.